The second-order valence-electron chi connectivity index (χ2n) is 6.67. The van der Waals surface area contributed by atoms with Crippen molar-refractivity contribution in [2.75, 3.05) is 12.4 Å². The maximum Gasteiger partial charge on any atom is 0.0708 e. The van der Waals surface area contributed by atoms with Crippen LogP contribution in [0.1, 0.15) is 64.2 Å². The average molecular weight is 272 g/mol. The maximum absolute atomic E-state index is 6.39. The SMILES string of the molecule is ClCC1(NCC2CCC3(CCCCC3)O2)CCC1. The van der Waals surface area contributed by atoms with Gasteiger partial charge in [0.15, 0.2) is 0 Å². The van der Waals surface area contributed by atoms with Crippen LogP contribution in [0.3, 0.4) is 0 Å². The minimum Gasteiger partial charge on any atom is -0.370 e. The first kappa shape index (κ1) is 13.2. The van der Waals surface area contributed by atoms with E-state index in [2.05, 4.69) is 5.32 Å². The van der Waals surface area contributed by atoms with Gasteiger partial charge >= 0.3 is 0 Å². The highest BCUT2D eigenvalue weighted by Gasteiger charge is 2.42. The van der Waals surface area contributed by atoms with E-state index in [0.717, 1.165) is 12.4 Å². The first-order valence-corrected chi connectivity index (χ1v) is 8.28. The Balaban J connectivity index is 1.47. The molecule has 1 atom stereocenters. The summed E-state index contributed by atoms with van der Waals surface area (Å²) in [6.07, 6.45) is 13.5. The lowest BCUT2D eigenvalue weighted by atomic mass is 9.78. The zero-order valence-corrected chi connectivity index (χ0v) is 12.1. The van der Waals surface area contributed by atoms with Crippen LogP contribution in [0.5, 0.6) is 0 Å². The number of ether oxygens (including phenoxy) is 1. The molecule has 3 rings (SSSR count). The molecule has 0 aromatic heterocycles. The van der Waals surface area contributed by atoms with Gasteiger partial charge in [-0.1, -0.05) is 19.3 Å². The van der Waals surface area contributed by atoms with Crippen molar-refractivity contribution in [1.82, 2.24) is 5.32 Å². The van der Waals surface area contributed by atoms with Crippen LogP contribution < -0.4 is 5.32 Å². The monoisotopic (exact) mass is 271 g/mol. The van der Waals surface area contributed by atoms with E-state index in [1.54, 1.807) is 0 Å². The van der Waals surface area contributed by atoms with Gasteiger partial charge in [-0.25, -0.2) is 0 Å². The lowest BCUT2D eigenvalue weighted by Gasteiger charge is -2.42. The van der Waals surface area contributed by atoms with Crippen LogP contribution in [0, 0.1) is 0 Å². The standard InChI is InChI=1S/C15H26ClNO/c16-12-14(6-4-7-14)17-11-13-5-10-15(18-13)8-2-1-3-9-15/h13,17H,1-12H2. The predicted molar refractivity (Wildman–Crippen MR) is 75.2 cm³/mol. The summed E-state index contributed by atoms with van der Waals surface area (Å²) in [4.78, 5) is 0. The molecule has 1 aliphatic heterocycles. The molecule has 3 fully saturated rings. The van der Waals surface area contributed by atoms with Gasteiger partial charge in [-0.05, 0) is 44.9 Å². The van der Waals surface area contributed by atoms with E-state index < -0.39 is 0 Å². The molecule has 0 radical (unpaired) electrons. The van der Waals surface area contributed by atoms with Gasteiger partial charge < -0.3 is 10.1 Å². The van der Waals surface area contributed by atoms with Crippen molar-refractivity contribution < 1.29 is 4.74 Å². The predicted octanol–water partition coefficient (Wildman–Crippen LogP) is 3.62. The van der Waals surface area contributed by atoms with Crippen molar-refractivity contribution in [1.29, 1.82) is 0 Å². The van der Waals surface area contributed by atoms with Gasteiger partial charge in [0.2, 0.25) is 0 Å². The van der Waals surface area contributed by atoms with Crippen molar-refractivity contribution in [3.63, 3.8) is 0 Å². The van der Waals surface area contributed by atoms with Crippen LogP contribution >= 0.6 is 11.6 Å². The summed E-state index contributed by atoms with van der Waals surface area (Å²) in [5.74, 6) is 0.755. The largest absolute Gasteiger partial charge is 0.370 e. The van der Waals surface area contributed by atoms with Gasteiger partial charge in [-0.2, -0.15) is 0 Å². The number of hydrogen-bond acceptors (Lipinski definition) is 2. The Bertz CT molecular complexity index is 279. The fourth-order valence-electron chi connectivity index (χ4n) is 3.89. The Morgan fingerprint density at radius 1 is 1.00 bits per heavy atom. The van der Waals surface area contributed by atoms with Crippen molar-refractivity contribution in [3.05, 3.63) is 0 Å². The highest BCUT2D eigenvalue weighted by Crippen LogP contribution is 2.42. The van der Waals surface area contributed by atoms with E-state index >= 15 is 0 Å². The van der Waals surface area contributed by atoms with Crippen LogP contribution in [0.4, 0.5) is 0 Å². The zero-order chi connectivity index (χ0) is 12.5. The quantitative estimate of drug-likeness (QED) is 0.789. The molecule has 0 aromatic rings. The summed E-state index contributed by atoms with van der Waals surface area (Å²) in [7, 11) is 0. The molecule has 3 aliphatic rings. The van der Waals surface area contributed by atoms with Gasteiger partial charge in [-0.15, -0.1) is 11.6 Å². The Hall–Kier alpha value is 0.210. The van der Waals surface area contributed by atoms with E-state index in [0.29, 0.717) is 6.10 Å². The van der Waals surface area contributed by atoms with Gasteiger partial charge in [0.05, 0.1) is 11.7 Å². The average Bonchev–Trinajstić information content (AvgIpc) is 2.73. The molecule has 1 unspecified atom stereocenters. The number of rotatable bonds is 4. The number of nitrogens with one attached hydrogen (secondary N) is 1. The van der Waals surface area contributed by atoms with Crippen molar-refractivity contribution in [3.8, 4) is 0 Å². The van der Waals surface area contributed by atoms with Crippen LogP contribution in [-0.2, 0) is 4.74 Å². The Labute approximate surface area is 116 Å². The van der Waals surface area contributed by atoms with Crippen LogP contribution in [0.25, 0.3) is 0 Å². The third kappa shape index (κ3) is 2.57. The highest BCUT2D eigenvalue weighted by atomic mass is 35.5. The van der Waals surface area contributed by atoms with E-state index in [9.17, 15) is 0 Å². The molecule has 2 nitrogen and oxygen atoms in total. The van der Waals surface area contributed by atoms with Crippen molar-refractivity contribution in [2.24, 2.45) is 0 Å². The smallest absolute Gasteiger partial charge is 0.0708 e. The fraction of sp³-hybridized carbons (Fsp3) is 1.00. The van der Waals surface area contributed by atoms with Gasteiger partial charge in [0.1, 0.15) is 0 Å². The Morgan fingerprint density at radius 2 is 1.78 bits per heavy atom. The van der Waals surface area contributed by atoms with Crippen LogP contribution in [0.2, 0.25) is 0 Å². The topological polar surface area (TPSA) is 21.3 Å². The molecule has 3 heteroatoms. The molecule has 2 aliphatic carbocycles. The molecule has 1 spiro atoms. The molecule has 0 aromatic carbocycles. The lowest BCUT2D eigenvalue weighted by molar-refractivity contribution is -0.0650. The molecular weight excluding hydrogens is 246 g/mol. The van der Waals surface area contributed by atoms with E-state index in [1.807, 2.05) is 0 Å². The zero-order valence-electron chi connectivity index (χ0n) is 11.3. The summed E-state index contributed by atoms with van der Waals surface area (Å²) in [6.45, 7) is 1.01. The summed E-state index contributed by atoms with van der Waals surface area (Å²) < 4.78 is 6.39. The lowest BCUT2D eigenvalue weighted by Crippen LogP contribution is -2.54. The summed E-state index contributed by atoms with van der Waals surface area (Å²) in [6, 6.07) is 0. The second kappa shape index (κ2) is 5.30. The molecule has 0 amide bonds. The van der Waals surface area contributed by atoms with Gasteiger partial charge in [0.25, 0.3) is 0 Å². The Kier molecular flexibility index (Phi) is 3.89. The normalized spacial score (nSPS) is 33.5. The first-order chi connectivity index (χ1) is 8.76. The van der Waals surface area contributed by atoms with Crippen LogP contribution in [0.15, 0.2) is 0 Å². The van der Waals surface area contributed by atoms with Crippen LogP contribution in [-0.4, -0.2) is 29.7 Å². The number of hydrogen-bond donors (Lipinski definition) is 1. The summed E-state index contributed by atoms with van der Waals surface area (Å²) in [5.41, 5.74) is 0.506. The minimum atomic E-state index is 0.243. The Morgan fingerprint density at radius 3 is 2.39 bits per heavy atom. The summed E-state index contributed by atoms with van der Waals surface area (Å²) in [5, 5.41) is 3.69. The number of halogens is 1. The first-order valence-electron chi connectivity index (χ1n) is 7.75. The molecule has 1 saturated heterocycles. The fourth-order valence-corrected chi connectivity index (χ4v) is 4.26. The van der Waals surface area contributed by atoms with E-state index in [4.69, 9.17) is 16.3 Å². The molecule has 1 heterocycles. The van der Waals surface area contributed by atoms with E-state index in [1.165, 1.54) is 64.2 Å². The van der Waals surface area contributed by atoms with E-state index in [-0.39, 0.29) is 11.1 Å². The molecule has 0 bridgehead atoms. The second-order valence-corrected chi connectivity index (χ2v) is 6.94. The highest BCUT2D eigenvalue weighted by molar-refractivity contribution is 6.18. The van der Waals surface area contributed by atoms with Crippen molar-refractivity contribution in [2.45, 2.75) is 81.5 Å². The number of alkyl halides is 1. The van der Waals surface area contributed by atoms with Gasteiger partial charge in [0, 0.05) is 18.0 Å². The molecular formula is C15H26ClNO. The van der Waals surface area contributed by atoms with Gasteiger partial charge in [-0.3, -0.25) is 0 Å². The third-order valence-corrected chi connectivity index (χ3v) is 5.89. The molecule has 1 N–H and O–H groups in total. The molecule has 2 saturated carbocycles. The van der Waals surface area contributed by atoms with Crippen molar-refractivity contribution >= 4 is 11.6 Å². The molecule has 18 heavy (non-hydrogen) atoms. The minimum absolute atomic E-state index is 0.243. The third-order valence-electron chi connectivity index (χ3n) is 5.37. The molecule has 104 valence electrons. The summed E-state index contributed by atoms with van der Waals surface area (Å²) >= 11 is 6.08. The maximum atomic E-state index is 6.39.